The molecule has 0 unspecified atom stereocenters. The molecule has 0 bridgehead atoms. The first-order chi connectivity index (χ1) is 11.1. The maximum Gasteiger partial charge on any atom is 0.266 e. The largest absolute Gasteiger partial charge is 0.346 e. The van der Waals surface area contributed by atoms with Crippen LogP contribution in [0.5, 0.6) is 0 Å². The summed E-state index contributed by atoms with van der Waals surface area (Å²) in [6.07, 6.45) is 4.09. The topological polar surface area (TPSA) is 57.8 Å². The fraction of sp³-hybridized carbons (Fsp3) is 0.263. The lowest BCUT2D eigenvalue weighted by Crippen LogP contribution is -2.13. The van der Waals surface area contributed by atoms with Crippen LogP contribution in [-0.2, 0) is 4.79 Å². The number of para-hydroxylation sites is 1. The predicted octanol–water partition coefficient (Wildman–Crippen LogP) is 3.99. The number of amides is 1. The molecule has 116 valence electrons. The van der Waals surface area contributed by atoms with Gasteiger partial charge in [-0.1, -0.05) is 18.2 Å². The molecular formula is C19H19N3O. The molecular weight excluding hydrogens is 286 g/mol. The van der Waals surface area contributed by atoms with E-state index in [4.69, 9.17) is 0 Å². The zero-order valence-corrected chi connectivity index (χ0v) is 13.3. The lowest BCUT2D eigenvalue weighted by Gasteiger charge is -2.07. The fourth-order valence-corrected chi connectivity index (χ4v) is 2.87. The first-order valence-corrected chi connectivity index (χ1v) is 7.77. The summed E-state index contributed by atoms with van der Waals surface area (Å²) < 4.78 is 2.30. The second-order valence-electron chi connectivity index (χ2n) is 5.92. The number of anilines is 1. The minimum Gasteiger partial charge on any atom is -0.346 e. The van der Waals surface area contributed by atoms with Crippen LogP contribution in [0, 0.1) is 25.2 Å². The van der Waals surface area contributed by atoms with E-state index in [9.17, 15) is 10.1 Å². The monoisotopic (exact) mass is 305 g/mol. The Kier molecular flexibility index (Phi) is 4.03. The van der Waals surface area contributed by atoms with E-state index in [-0.39, 0.29) is 11.5 Å². The van der Waals surface area contributed by atoms with E-state index in [1.54, 1.807) is 18.2 Å². The normalized spacial score (nSPS) is 14.4. The van der Waals surface area contributed by atoms with Gasteiger partial charge in [0.2, 0.25) is 0 Å². The zero-order valence-electron chi connectivity index (χ0n) is 13.3. The van der Waals surface area contributed by atoms with E-state index < -0.39 is 0 Å². The van der Waals surface area contributed by atoms with Crippen molar-refractivity contribution in [1.29, 1.82) is 5.26 Å². The third-order valence-electron chi connectivity index (χ3n) is 4.13. The highest BCUT2D eigenvalue weighted by Gasteiger charge is 2.26. The second kappa shape index (κ2) is 6.13. The summed E-state index contributed by atoms with van der Waals surface area (Å²) >= 11 is 0. The van der Waals surface area contributed by atoms with Crippen LogP contribution in [0.1, 0.15) is 35.8 Å². The van der Waals surface area contributed by atoms with Crippen molar-refractivity contribution in [3.63, 3.8) is 0 Å². The average molecular weight is 305 g/mol. The van der Waals surface area contributed by atoms with Crippen LogP contribution in [0.15, 0.2) is 42.0 Å². The van der Waals surface area contributed by atoms with Crippen molar-refractivity contribution in [3.8, 4) is 6.07 Å². The highest BCUT2D eigenvalue weighted by molar-refractivity contribution is 6.09. The third-order valence-corrected chi connectivity index (χ3v) is 4.13. The van der Waals surface area contributed by atoms with Gasteiger partial charge in [-0.15, -0.1) is 0 Å². The smallest absolute Gasteiger partial charge is 0.266 e. The van der Waals surface area contributed by atoms with E-state index >= 15 is 0 Å². The van der Waals surface area contributed by atoms with Crippen molar-refractivity contribution < 1.29 is 4.79 Å². The Morgan fingerprint density at radius 1 is 1.30 bits per heavy atom. The summed E-state index contributed by atoms with van der Waals surface area (Å²) in [5.74, 6) is -0.380. The summed E-state index contributed by atoms with van der Waals surface area (Å²) in [6.45, 7) is 4.11. The minimum absolute atomic E-state index is 0.116. The number of nitrogens with zero attached hydrogens (tertiary/aromatic N) is 2. The third kappa shape index (κ3) is 3.19. The van der Waals surface area contributed by atoms with E-state index in [1.165, 1.54) is 18.5 Å². The van der Waals surface area contributed by atoms with Crippen LogP contribution in [0.25, 0.3) is 6.08 Å². The summed E-state index contributed by atoms with van der Waals surface area (Å²) in [7, 11) is 0. The van der Waals surface area contributed by atoms with E-state index in [0.29, 0.717) is 11.7 Å². The number of hydrogen-bond donors (Lipinski definition) is 1. The highest BCUT2D eigenvalue weighted by Crippen LogP contribution is 2.38. The summed E-state index contributed by atoms with van der Waals surface area (Å²) in [5, 5.41) is 12.1. The van der Waals surface area contributed by atoms with Crippen LogP contribution >= 0.6 is 0 Å². The second-order valence-corrected chi connectivity index (χ2v) is 5.92. The van der Waals surface area contributed by atoms with Crippen molar-refractivity contribution in [2.24, 2.45) is 0 Å². The molecule has 0 spiro atoms. The summed E-state index contributed by atoms with van der Waals surface area (Å²) in [6, 6.07) is 13.8. The van der Waals surface area contributed by atoms with Gasteiger partial charge in [0.05, 0.1) is 0 Å². The average Bonchev–Trinajstić information content (AvgIpc) is 3.32. The number of carbonyl (C=O) groups is 1. The fourth-order valence-electron chi connectivity index (χ4n) is 2.87. The number of nitriles is 1. The number of benzene rings is 1. The molecule has 1 heterocycles. The Balaban J connectivity index is 1.86. The Bertz CT molecular complexity index is 805. The quantitative estimate of drug-likeness (QED) is 0.686. The standard InChI is InChI=1S/C19H19N3O/c1-13-10-15(14(2)22(13)18-8-9-18)11-16(12-20)19(23)21-17-6-4-3-5-7-17/h3-7,10-11,18H,8-9H2,1-2H3,(H,21,23)/b16-11-. The molecule has 1 fully saturated rings. The lowest BCUT2D eigenvalue weighted by molar-refractivity contribution is -0.112. The maximum absolute atomic E-state index is 12.3. The number of aromatic nitrogens is 1. The molecule has 1 aliphatic carbocycles. The Morgan fingerprint density at radius 3 is 2.61 bits per heavy atom. The van der Waals surface area contributed by atoms with Gasteiger partial charge >= 0.3 is 0 Å². The predicted molar refractivity (Wildman–Crippen MR) is 90.8 cm³/mol. The molecule has 0 radical (unpaired) electrons. The van der Waals surface area contributed by atoms with Crippen LogP contribution < -0.4 is 5.32 Å². The number of carbonyl (C=O) groups excluding carboxylic acids is 1. The van der Waals surface area contributed by atoms with Crippen LogP contribution in [0.4, 0.5) is 5.69 Å². The van der Waals surface area contributed by atoms with E-state index in [0.717, 1.165) is 11.3 Å². The van der Waals surface area contributed by atoms with Gasteiger partial charge in [-0.05, 0) is 56.5 Å². The van der Waals surface area contributed by atoms with Crippen LogP contribution in [-0.4, -0.2) is 10.5 Å². The highest BCUT2D eigenvalue weighted by atomic mass is 16.1. The number of hydrogen-bond acceptors (Lipinski definition) is 2. The van der Waals surface area contributed by atoms with E-state index in [1.807, 2.05) is 37.3 Å². The Hall–Kier alpha value is -2.80. The van der Waals surface area contributed by atoms with Crippen LogP contribution in [0.2, 0.25) is 0 Å². The molecule has 1 aromatic heterocycles. The molecule has 1 N–H and O–H groups in total. The molecule has 0 saturated heterocycles. The van der Waals surface area contributed by atoms with Crippen molar-refractivity contribution in [2.75, 3.05) is 5.32 Å². The molecule has 3 rings (SSSR count). The van der Waals surface area contributed by atoms with Crippen molar-refractivity contribution in [2.45, 2.75) is 32.7 Å². The molecule has 1 saturated carbocycles. The molecule has 0 atom stereocenters. The number of aryl methyl sites for hydroxylation is 1. The molecule has 1 aromatic carbocycles. The Labute approximate surface area is 136 Å². The van der Waals surface area contributed by atoms with Crippen LogP contribution in [0.3, 0.4) is 0 Å². The van der Waals surface area contributed by atoms with Gasteiger partial charge in [0.1, 0.15) is 11.6 Å². The van der Waals surface area contributed by atoms with Gasteiger partial charge in [-0.3, -0.25) is 4.79 Å². The molecule has 1 amide bonds. The van der Waals surface area contributed by atoms with Gasteiger partial charge in [0, 0.05) is 23.1 Å². The maximum atomic E-state index is 12.3. The van der Waals surface area contributed by atoms with Gasteiger partial charge < -0.3 is 9.88 Å². The molecule has 2 aromatic rings. The lowest BCUT2D eigenvalue weighted by atomic mass is 10.1. The number of nitrogens with one attached hydrogen (secondary N) is 1. The zero-order chi connectivity index (χ0) is 16.4. The Morgan fingerprint density at radius 2 is 2.00 bits per heavy atom. The first kappa shape index (κ1) is 15.1. The van der Waals surface area contributed by atoms with Gasteiger partial charge in [-0.25, -0.2) is 0 Å². The van der Waals surface area contributed by atoms with Crippen molar-refractivity contribution in [1.82, 2.24) is 4.57 Å². The molecule has 1 aliphatic rings. The molecule has 4 nitrogen and oxygen atoms in total. The summed E-state index contributed by atoms with van der Waals surface area (Å²) in [4.78, 5) is 12.3. The molecule has 23 heavy (non-hydrogen) atoms. The van der Waals surface area contributed by atoms with Crippen molar-refractivity contribution >= 4 is 17.7 Å². The van der Waals surface area contributed by atoms with Gasteiger partial charge in [0.25, 0.3) is 5.91 Å². The van der Waals surface area contributed by atoms with Crippen molar-refractivity contribution in [3.05, 3.63) is 58.9 Å². The SMILES string of the molecule is Cc1cc(/C=C(/C#N)C(=O)Nc2ccccc2)c(C)n1C1CC1. The molecule has 0 aliphatic heterocycles. The van der Waals surface area contributed by atoms with Gasteiger partial charge in [0.15, 0.2) is 0 Å². The molecule has 4 heteroatoms. The van der Waals surface area contributed by atoms with Gasteiger partial charge in [-0.2, -0.15) is 5.26 Å². The minimum atomic E-state index is -0.380. The first-order valence-electron chi connectivity index (χ1n) is 7.77. The summed E-state index contributed by atoms with van der Waals surface area (Å²) in [5.41, 5.74) is 4.03. The number of rotatable bonds is 4. The van der Waals surface area contributed by atoms with E-state index in [2.05, 4.69) is 16.8 Å².